The monoisotopic (exact) mass is 332 g/mol. The largest absolute Gasteiger partial charge is 0.322 e. The van der Waals surface area contributed by atoms with Crippen LogP contribution in [0.4, 0.5) is 11.4 Å². The van der Waals surface area contributed by atoms with E-state index in [1.54, 1.807) is 0 Å². The first-order valence-corrected chi connectivity index (χ1v) is 8.21. The third-order valence-electron chi connectivity index (χ3n) is 4.17. The lowest BCUT2D eigenvalue weighted by molar-refractivity contribution is -0.464. The van der Waals surface area contributed by atoms with E-state index < -0.39 is 0 Å². The average molecular weight is 332 g/mol. The van der Waals surface area contributed by atoms with E-state index in [9.17, 15) is 4.79 Å². The number of nitrogens with one attached hydrogen (secondary N) is 2. The number of fused-ring (bicyclic) bond motifs is 1. The number of anilines is 2. The summed E-state index contributed by atoms with van der Waals surface area (Å²) >= 11 is 0. The van der Waals surface area contributed by atoms with Crippen molar-refractivity contribution in [3.63, 3.8) is 0 Å². The van der Waals surface area contributed by atoms with Gasteiger partial charge in [0, 0.05) is 18.2 Å². The highest BCUT2D eigenvalue weighted by Crippen LogP contribution is 2.20. The molecule has 0 aliphatic rings. The van der Waals surface area contributed by atoms with Gasteiger partial charge >= 0.3 is 0 Å². The Bertz CT molecular complexity index is 934. The number of carbonyl (C=O) groups excluding carboxylic acids is 1. The summed E-state index contributed by atoms with van der Waals surface area (Å²) in [6, 6.07) is 21.4. The first kappa shape index (κ1) is 16.7. The van der Waals surface area contributed by atoms with Gasteiger partial charge in [-0.25, -0.2) is 5.32 Å². The van der Waals surface area contributed by atoms with Crippen molar-refractivity contribution in [2.45, 2.75) is 6.92 Å². The molecule has 0 fully saturated rings. The van der Waals surface area contributed by atoms with Crippen LogP contribution in [0.2, 0.25) is 0 Å². The lowest BCUT2D eigenvalue weighted by atomic mass is 10.0. The maximum absolute atomic E-state index is 12.6. The highest BCUT2D eigenvalue weighted by atomic mass is 16.1. The van der Waals surface area contributed by atoms with Crippen LogP contribution in [0.1, 0.15) is 17.3 Å². The summed E-state index contributed by atoms with van der Waals surface area (Å²) in [5, 5.41) is 8.29. The first-order chi connectivity index (χ1) is 12.0. The molecule has 0 spiro atoms. The maximum atomic E-state index is 12.6. The second-order valence-corrected chi connectivity index (χ2v) is 6.16. The van der Waals surface area contributed by atoms with Gasteiger partial charge in [-0.3, -0.25) is 9.37 Å². The number of carbonyl (C=O) groups is 1. The molecule has 0 saturated heterocycles. The number of hydrogen-bond acceptors (Lipinski definition) is 1. The van der Waals surface area contributed by atoms with Gasteiger partial charge in [0.05, 0.1) is 14.1 Å². The molecule has 4 nitrogen and oxygen atoms in total. The normalized spacial score (nSPS) is 10.4. The lowest BCUT2D eigenvalue weighted by Gasteiger charge is -2.09. The molecule has 2 N–H and O–H groups in total. The van der Waals surface area contributed by atoms with Crippen LogP contribution >= 0.6 is 0 Å². The van der Waals surface area contributed by atoms with Crippen LogP contribution < -0.4 is 10.6 Å². The van der Waals surface area contributed by atoms with Gasteiger partial charge < -0.3 is 5.32 Å². The molecule has 0 atom stereocenters. The number of rotatable bonds is 3. The summed E-state index contributed by atoms with van der Waals surface area (Å²) in [6.07, 6.45) is 0. The van der Waals surface area contributed by atoms with E-state index in [1.165, 1.54) is 0 Å². The molecule has 3 aromatic rings. The molecule has 25 heavy (non-hydrogen) atoms. The van der Waals surface area contributed by atoms with E-state index in [4.69, 9.17) is 0 Å². The Morgan fingerprint density at radius 2 is 1.40 bits per heavy atom. The molecule has 0 radical (unpaired) electrons. The van der Waals surface area contributed by atoms with E-state index in [0.29, 0.717) is 5.56 Å². The van der Waals surface area contributed by atoms with Crippen LogP contribution in [0.3, 0.4) is 0 Å². The summed E-state index contributed by atoms with van der Waals surface area (Å²) in [5.41, 5.74) is 2.43. The van der Waals surface area contributed by atoms with Crippen LogP contribution in [0, 0.1) is 0 Å². The summed E-state index contributed by atoms with van der Waals surface area (Å²) in [4.78, 5) is 12.6. The fourth-order valence-corrected chi connectivity index (χ4v) is 2.58. The van der Waals surface area contributed by atoms with Gasteiger partial charge in [0.25, 0.3) is 5.91 Å². The fraction of sp³-hybridized carbons (Fsp3) is 0.143. The predicted molar refractivity (Wildman–Crippen MR) is 105 cm³/mol. The zero-order chi connectivity index (χ0) is 17.8. The minimum Gasteiger partial charge on any atom is -0.322 e. The van der Waals surface area contributed by atoms with Gasteiger partial charge in [0.1, 0.15) is 5.69 Å². The zero-order valence-electron chi connectivity index (χ0n) is 14.7. The summed E-state index contributed by atoms with van der Waals surface area (Å²) in [7, 11) is 3.97. The number of hydrogen-bond donors (Lipinski definition) is 2. The van der Waals surface area contributed by atoms with E-state index in [0.717, 1.165) is 28.0 Å². The van der Waals surface area contributed by atoms with Crippen molar-refractivity contribution in [3.8, 4) is 0 Å². The molecule has 0 aliphatic carbocycles. The lowest BCUT2D eigenvalue weighted by Crippen LogP contribution is -2.18. The number of nitrogens with zero attached hydrogens (tertiary/aromatic N) is 1. The number of amides is 1. The van der Waals surface area contributed by atoms with E-state index in [1.807, 2.05) is 92.3 Å². The smallest absolute Gasteiger partial charge is 0.256 e. The van der Waals surface area contributed by atoms with Crippen LogP contribution in [-0.4, -0.2) is 30.4 Å². The molecule has 126 valence electrons. The molecule has 0 heterocycles. The van der Waals surface area contributed by atoms with Gasteiger partial charge in [0.15, 0.2) is 0 Å². The molecule has 0 bridgehead atoms. The molecule has 1 amide bonds. The van der Waals surface area contributed by atoms with Gasteiger partial charge in [-0.05, 0) is 41.1 Å². The highest BCUT2D eigenvalue weighted by Gasteiger charge is 2.10. The Balaban J connectivity index is 1.78. The Labute approximate surface area is 147 Å². The van der Waals surface area contributed by atoms with Crippen molar-refractivity contribution < 1.29 is 9.37 Å². The van der Waals surface area contributed by atoms with Crippen molar-refractivity contribution in [1.82, 2.24) is 0 Å². The number of benzene rings is 3. The minimum atomic E-state index is -0.103. The van der Waals surface area contributed by atoms with Gasteiger partial charge in [0.2, 0.25) is 5.84 Å². The average Bonchev–Trinajstić information content (AvgIpc) is 2.62. The quantitative estimate of drug-likeness (QED) is 0.429. The van der Waals surface area contributed by atoms with Crippen LogP contribution in [0.15, 0.2) is 66.7 Å². The molecule has 0 aromatic heterocycles. The van der Waals surface area contributed by atoms with Crippen molar-refractivity contribution in [3.05, 3.63) is 72.3 Å². The van der Waals surface area contributed by atoms with E-state index in [2.05, 4.69) is 10.6 Å². The standard InChI is InChI=1S/C21H21N3O/c1-15(24(2)3)22-17-11-13-18(14-12-17)23-21(25)20-10-6-8-16-7-4-5-9-19(16)20/h4-14H,1-3H3,(H,23,25)/p+1. The molecule has 3 aromatic carbocycles. The van der Waals surface area contributed by atoms with Crippen LogP contribution in [0.25, 0.3) is 10.8 Å². The minimum absolute atomic E-state index is 0.103. The molecule has 0 saturated carbocycles. The fourth-order valence-electron chi connectivity index (χ4n) is 2.58. The second kappa shape index (κ2) is 7.18. The van der Waals surface area contributed by atoms with Crippen LogP contribution in [0.5, 0.6) is 0 Å². The van der Waals surface area contributed by atoms with Crippen molar-refractivity contribution >= 4 is 33.9 Å². The second-order valence-electron chi connectivity index (χ2n) is 6.16. The summed E-state index contributed by atoms with van der Waals surface area (Å²) in [6.45, 7) is 2.01. The van der Waals surface area contributed by atoms with E-state index in [-0.39, 0.29) is 5.91 Å². The van der Waals surface area contributed by atoms with Gasteiger partial charge in [-0.2, -0.15) is 0 Å². The Morgan fingerprint density at radius 3 is 2.08 bits per heavy atom. The SMILES string of the molecule is CC(Nc1ccc(NC(=O)c2cccc3ccccc23)cc1)=[N+](C)C. The maximum Gasteiger partial charge on any atom is 0.256 e. The van der Waals surface area contributed by atoms with Gasteiger partial charge in [-0.1, -0.05) is 36.4 Å². The first-order valence-electron chi connectivity index (χ1n) is 8.21. The third-order valence-corrected chi connectivity index (χ3v) is 4.17. The topological polar surface area (TPSA) is 44.1 Å². The molecular weight excluding hydrogens is 310 g/mol. The van der Waals surface area contributed by atoms with Crippen LogP contribution in [-0.2, 0) is 0 Å². The molecule has 0 aliphatic heterocycles. The Hall–Kier alpha value is -3.14. The third kappa shape index (κ3) is 3.86. The number of amidine groups is 1. The van der Waals surface area contributed by atoms with Gasteiger partial charge in [-0.15, -0.1) is 0 Å². The van der Waals surface area contributed by atoms with Crippen molar-refractivity contribution in [1.29, 1.82) is 0 Å². The summed E-state index contributed by atoms with van der Waals surface area (Å²) < 4.78 is 2.01. The Kier molecular flexibility index (Phi) is 4.80. The molecule has 0 unspecified atom stereocenters. The molecule has 3 rings (SSSR count). The highest BCUT2D eigenvalue weighted by molar-refractivity contribution is 6.13. The molecular formula is C21H22N3O+. The molecule has 4 heteroatoms. The zero-order valence-corrected chi connectivity index (χ0v) is 14.7. The van der Waals surface area contributed by atoms with Crippen molar-refractivity contribution in [2.24, 2.45) is 0 Å². The van der Waals surface area contributed by atoms with Crippen molar-refractivity contribution in [2.75, 3.05) is 24.7 Å². The van der Waals surface area contributed by atoms with E-state index >= 15 is 0 Å². The summed E-state index contributed by atoms with van der Waals surface area (Å²) in [5.74, 6) is 0.945. The predicted octanol–water partition coefficient (Wildman–Crippen LogP) is 4.19. The Morgan fingerprint density at radius 1 is 0.800 bits per heavy atom.